The van der Waals surface area contributed by atoms with Crippen LogP contribution in [0.5, 0.6) is 0 Å². The molecule has 17 nitrogen and oxygen atoms in total. The highest BCUT2D eigenvalue weighted by atomic mass is 31.2. The van der Waals surface area contributed by atoms with Gasteiger partial charge in [0.25, 0.3) is 0 Å². The molecule has 0 saturated heterocycles. The van der Waals surface area contributed by atoms with Crippen molar-refractivity contribution in [2.75, 3.05) is 39.6 Å². The van der Waals surface area contributed by atoms with Gasteiger partial charge in [-0.2, -0.15) is 0 Å². The third-order valence-corrected chi connectivity index (χ3v) is 18.5. The van der Waals surface area contributed by atoms with Gasteiger partial charge in [0.1, 0.15) is 19.3 Å². The average Bonchev–Trinajstić information content (AvgIpc) is 3.48. The van der Waals surface area contributed by atoms with Gasteiger partial charge in [-0.3, -0.25) is 37.3 Å². The number of esters is 4. The molecule has 0 spiro atoms. The highest BCUT2D eigenvalue weighted by molar-refractivity contribution is 7.47. The normalized spacial score (nSPS) is 14.0. The van der Waals surface area contributed by atoms with Crippen molar-refractivity contribution in [1.82, 2.24) is 0 Å². The van der Waals surface area contributed by atoms with Crippen LogP contribution in [-0.4, -0.2) is 96.7 Å². The second-order valence-electron chi connectivity index (χ2n) is 25.6. The number of phosphoric ester groups is 2. The molecule has 5 atom stereocenters. The molecule has 0 aliphatic rings. The van der Waals surface area contributed by atoms with Crippen molar-refractivity contribution in [3.63, 3.8) is 0 Å². The van der Waals surface area contributed by atoms with E-state index in [0.29, 0.717) is 25.7 Å². The highest BCUT2D eigenvalue weighted by Gasteiger charge is 2.30. The number of carbonyl (C=O) groups excluding carboxylic acids is 4. The van der Waals surface area contributed by atoms with Gasteiger partial charge >= 0.3 is 39.5 Å². The first-order valence-electron chi connectivity index (χ1n) is 37.3. The van der Waals surface area contributed by atoms with E-state index in [9.17, 15) is 43.2 Å². The van der Waals surface area contributed by atoms with E-state index in [4.69, 9.17) is 37.0 Å². The molecule has 0 rings (SSSR count). The summed E-state index contributed by atoms with van der Waals surface area (Å²) in [5, 5.41) is 10.5. The molecule has 90 heavy (non-hydrogen) atoms. The van der Waals surface area contributed by atoms with Gasteiger partial charge in [0.2, 0.25) is 0 Å². The molecule has 534 valence electrons. The maximum atomic E-state index is 13.0. The number of aliphatic hydroxyl groups is 1. The van der Waals surface area contributed by atoms with Crippen LogP contribution in [0.1, 0.15) is 374 Å². The van der Waals surface area contributed by atoms with Crippen molar-refractivity contribution < 1.29 is 80.2 Å². The molecule has 0 amide bonds. The van der Waals surface area contributed by atoms with Crippen LogP contribution in [0.3, 0.4) is 0 Å². The largest absolute Gasteiger partial charge is 0.472 e. The summed E-state index contributed by atoms with van der Waals surface area (Å²) < 4.78 is 67.9. The highest BCUT2D eigenvalue weighted by Crippen LogP contribution is 2.45. The Morgan fingerprint density at radius 1 is 0.267 bits per heavy atom. The molecule has 19 heteroatoms. The number of rotatable bonds is 72. The zero-order valence-electron chi connectivity index (χ0n) is 58.1. The van der Waals surface area contributed by atoms with Crippen molar-refractivity contribution >= 4 is 39.5 Å². The summed E-state index contributed by atoms with van der Waals surface area (Å²) in [7, 11) is -9.88. The summed E-state index contributed by atoms with van der Waals surface area (Å²) >= 11 is 0. The van der Waals surface area contributed by atoms with Crippen LogP contribution in [-0.2, 0) is 65.4 Å². The molecule has 0 aromatic rings. The summed E-state index contributed by atoms with van der Waals surface area (Å²) in [6.45, 7) is 4.81. The Morgan fingerprint density at radius 2 is 0.444 bits per heavy atom. The van der Waals surface area contributed by atoms with E-state index in [2.05, 4.69) is 27.7 Å². The zero-order valence-corrected chi connectivity index (χ0v) is 59.9. The SMILES string of the molecule is CCCCCCCCCCCCCCCCCCCCCCCCC(=O)O[C@H](COC(=O)CCCCCCCCCCCCCCCCCC)COP(=O)(O)OC[C@@H](O)COP(=O)(O)OC[C@@H](COC(=O)CCCCCCC)OC(=O)CCCCCCCCC. The van der Waals surface area contributed by atoms with Crippen molar-refractivity contribution in [2.45, 2.75) is 393 Å². The monoisotopic (exact) mass is 1320 g/mol. The van der Waals surface area contributed by atoms with Crippen molar-refractivity contribution in [3.8, 4) is 0 Å². The van der Waals surface area contributed by atoms with Crippen LogP contribution >= 0.6 is 15.6 Å². The van der Waals surface area contributed by atoms with Gasteiger partial charge in [0.05, 0.1) is 26.4 Å². The summed E-state index contributed by atoms with van der Waals surface area (Å²) in [6.07, 6.45) is 54.9. The van der Waals surface area contributed by atoms with E-state index in [1.54, 1.807) is 0 Å². The molecular formula is C71H138O17P2. The number of phosphoric acid groups is 2. The Kier molecular flexibility index (Phi) is 64.3. The zero-order chi connectivity index (χ0) is 66.1. The fourth-order valence-corrected chi connectivity index (χ4v) is 12.4. The van der Waals surface area contributed by atoms with Crippen LogP contribution in [0.25, 0.3) is 0 Å². The molecule has 3 N–H and O–H groups in total. The maximum absolute atomic E-state index is 13.0. The Balaban J connectivity index is 5.06. The third kappa shape index (κ3) is 64.8. The van der Waals surface area contributed by atoms with E-state index in [-0.39, 0.29) is 25.7 Å². The molecular weight excluding hydrogens is 1190 g/mol. The van der Waals surface area contributed by atoms with Crippen LogP contribution in [0.4, 0.5) is 0 Å². The van der Waals surface area contributed by atoms with E-state index in [1.165, 1.54) is 186 Å². The van der Waals surface area contributed by atoms with E-state index < -0.39 is 97.5 Å². The Bertz CT molecular complexity index is 1720. The lowest BCUT2D eigenvalue weighted by atomic mass is 10.0. The number of carbonyl (C=O) groups is 4. The maximum Gasteiger partial charge on any atom is 0.472 e. The van der Waals surface area contributed by atoms with Gasteiger partial charge in [0.15, 0.2) is 12.2 Å². The predicted octanol–water partition coefficient (Wildman–Crippen LogP) is 20.7. The summed E-state index contributed by atoms with van der Waals surface area (Å²) in [5.74, 6) is -2.14. The molecule has 0 fully saturated rings. The number of hydrogen-bond donors (Lipinski definition) is 3. The number of aliphatic hydroxyl groups excluding tert-OH is 1. The first-order valence-corrected chi connectivity index (χ1v) is 40.3. The standard InChI is InChI=1S/C71H138O17P2/c1-5-9-13-17-20-22-24-26-28-30-31-32-33-34-35-37-39-41-43-46-50-54-58-71(76)88-67(62-82-69(74)56-52-48-45-42-40-38-36-29-27-25-23-21-18-14-10-6-2)64-86-90(79,80)84-60-65(72)59-83-89(77,78)85-63-66(61-81-68(73)55-51-47-16-12-8-4)87-70(75)57-53-49-44-19-15-11-7-3/h65-67,72H,5-64H2,1-4H3,(H,77,78)(H,79,80)/t65-,66+,67+/m0/s1. The smallest absolute Gasteiger partial charge is 0.462 e. The van der Waals surface area contributed by atoms with Gasteiger partial charge in [-0.25, -0.2) is 9.13 Å². The molecule has 0 heterocycles. The van der Waals surface area contributed by atoms with Gasteiger partial charge in [0, 0.05) is 25.7 Å². The Hall–Kier alpha value is -1.94. The second kappa shape index (κ2) is 65.7. The first-order chi connectivity index (χ1) is 43.7. The van der Waals surface area contributed by atoms with E-state index in [0.717, 1.165) is 109 Å². The Labute approximate surface area is 549 Å². The van der Waals surface area contributed by atoms with Crippen LogP contribution in [0.15, 0.2) is 0 Å². The van der Waals surface area contributed by atoms with Crippen molar-refractivity contribution in [3.05, 3.63) is 0 Å². The average molecular weight is 1330 g/mol. The predicted molar refractivity (Wildman–Crippen MR) is 363 cm³/mol. The Morgan fingerprint density at radius 3 is 0.656 bits per heavy atom. The van der Waals surface area contributed by atoms with Crippen LogP contribution in [0, 0.1) is 0 Å². The van der Waals surface area contributed by atoms with Gasteiger partial charge in [-0.1, -0.05) is 323 Å². The summed E-state index contributed by atoms with van der Waals surface area (Å²) in [4.78, 5) is 72.1. The molecule has 2 unspecified atom stereocenters. The van der Waals surface area contributed by atoms with E-state index >= 15 is 0 Å². The van der Waals surface area contributed by atoms with Gasteiger partial charge in [-0.15, -0.1) is 0 Å². The summed E-state index contributed by atoms with van der Waals surface area (Å²) in [5.41, 5.74) is 0. The third-order valence-electron chi connectivity index (χ3n) is 16.6. The number of ether oxygens (including phenoxy) is 4. The summed E-state index contributed by atoms with van der Waals surface area (Å²) in [6, 6.07) is 0. The van der Waals surface area contributed by atoms with E-state index in [1.807, 2.05) is 0 Å². The molecule has 0 aliphatic heterocycles. The molecule has 0 aromatic carbocycles. The fraction of sp³-hybridized carbons (Fsp3) is 0.944. The topological polar surface area (TPSA) is 237 Å². The minimum atomic E-state index is -4.95. The fourth-order valence-electron chi connectivity index (χ4n) is 10.9. The number of hydrogen-bond acceptors (Lipinski definition) is 15. The lowest BCUT2D eigenvalue weighted by Gasteiger charge is -2.21. The van der Waals surface area contributed by atoms with Crippen molar-refractivity contribution in [1.29, 1.82) is 0 Å². The molecule has 0 saturated carbocycles. The first kappa shape index (κ1) is 88.1. The number of unbranched alkanes of at least 4 members (excludes halogenated alkanes) is 46. The lowest BCUT2D eigenvalue weighted by molar-refractivity contribution is -0.161. The van der Waals surface area contributed by atoms with Crippen molar-refractivity contribution in [2.24, 2.45) is 0 Å². The van der Waals surface area contributed by atoms with Gasteiger partial charge in [-0.05, 0) is 25.7 Å². The molecule has 0 aliphatic carbocycles. The second-order valence-corrected chi connectivity index (χ2v) is 28.5. The van der Waals surface area contributed by atoms with Gasteiger partial charge < -0.3 is 33.8 Å². The molecule has 0 aromatic heterocycles. The quantitative estimate of drug-likeness (QED) is 0.0222. The van der Waals surface area contributed by atoms with Crippen LogP contribution < -0.4 is 0 Å². The lowest BCUT2D eigenvalue weighted by Crippen LogP contribution is -2.30. The minimum Gasteiger partial charge on any atom is -0.462 e. The molecule has 0 bridgehead atoms. The molecule has 0 radical (unpaired) electrons. The minimum absolute atomic E-state index is 0.103. The van der Waals surface area contributed by atoms with Crippen LogP contribution in [0.2, 0.25) is 0 Å².